The van der Waals surface area contributed by atoms with Gasteiger partial charge in [-0.1, -0.05) is 12.1 Å². The molecule has 2 aromatic heterocycles. The number of amides is 1. The van der Waals surface area contributed by atoms with Crippen molar-refractivity contribution in [2.75, 3.05) is 44.3 Å². The van der Waals surface area contributed by atoms with Crippen molar-refractivity contribution in [2.24, 2.45) is 13.0 Å². The number of rotatable bonds is 3. The molecule has 0 atom stereocenters. The van der Waals surface area contributed by atoms with E-state index in [1.807, 2.05) is 59.2 Å². The number of aromatic nitrogens is 2. The molecule has 1 amide bonds. The van der Waals surface area contributed by atoms with Gasteiger partial charge in [-0.3, -0.25) is 9.59 Å². The Morgan fingerprint density at radius 2 is 1.86 bits per heavy atom. The van der Waals surface area contributed by atoms with Crippen LogP contribution in [0.4, 0.5) is 5.69 Å². The quantitative estimate of drug-likeness (QED) is 0.545. The van der Waals surface area contributed by atoms with Crippen LogP contribution >= 0.6 is 0 Å². The molecule has 6 rings (SSSR count). The van der Waals surface area contributed by atoms with Gasteiger partial charge < -0.3 is 23.8 Å². The molecular weight excluding hydrogens is 444 g/mol. The zero-order valence-corrected chi connectivity index (χ0v) is 19.8. The number of ether oxygens (including phenoxy) is 2. The van der Waals surface area contributed by atoms with Crippen molar-refractivity contribution in [2.45, 2.75) is 12.8 Å². The highest BCUT2D eigenvalue weighted by molar-refractivity contribution is 6.15. The SMILES string of the molecule is Cn1cc(/C=C2\Oc3ccccc3C2=O)c2c(N3CCC(C(=O)N4CCOCC4)CC3)ccnc21. The molecule has 0 unspecified atom stereocenters. The third-order valence-corrected chi connectivity index (χ3v) is 7.23. The molecule has 0 spiro atoms. The number of benzene rings is 1. The monoisotopic (exact) mass is 472 g/mol. The zero-order valence-electron chi connectivity index (χ0n) is 19.8. The normalized spacial score (nSPS) is 19.9. The summed E-state index contributed by atoms with van der Waals surface area (Å²) in [6, 6.07) is 9.34. The van der Waals surface area contributed by atoms with Crippen LogP contribution in [0.2, 0.25) is 0 Å². The molecule has 0 bridgehead atoms. The predicted molar refractivity (Wildman–Crippen MR) is 132 cm³/mol. The second kappa shape index (κ2) is 8.85. The number of hydrogen-bond donors (Lipinski definition) is 0. The first kappa shape index (κ1) is 21.9. The lowest BCUT2D eigenvalue weighted by Gasteiger charge is -2.36. The van der Waals surface area contributed by atoms with E-state index in [2.05, 4.69) is 9.88 Å². The molecule has 3 aromatic rings. The summed E-state index contributed by atoms with van der Waals surface area (Å²) in [6.07, 6.45) is 7.28. The first-order valence-electron chi connectivity index (χ1n) is 12.2. The van der Waals surface area contributed by atoms with Crippen molar-refractivity contribution in [3.63, 3.8) is 0 Å². The van der Waals surface area contributed by atoms with Gasteiger partial charge in [-0.05, 0) is 37.1 Å². The number of aryl methyl sites for hydroxylation is 1. The number of morpholine rings is 1. The van der Waals surface area contributed by atoms with E-state index >= 15 is 0 Å². The minimum Gasteiger partial charge on any atom is -0.452 e. The van der Waals surface area contributed by atoms with Gasteiger partial charge in [-0.25, -0.2) is 4.98 Å². The first-order valence-corrected chi connectivity index (χ1v) is 12.2. The minimum atomic E-state index is -0.106. The number of allylic oxidation sites excluding steroid dienone is 1. The molecule has 3 aliphatic heterocycles. The lowest BCUT2D eigenvalue weighted by atomic mass is 9.94. The number of ketones is 1. The lowest BCUT2D eigenvalue weighted by molar-refractivity contribution is -0.140. The van der Waals surface area contributed by atoms with Gasteiger partial charge in [0.25, 0.3) is 0 Å². The van der Waals surface area contributed by atoms with Crippen molar-refractivity contribution in [1.82, 2.24) is 14.5 Å². The summed E-state index contributed by atoms with van der Waals surface area (Å²) >= 11 is 0. The Labute approximate surface area is 203 Å². The van der Waals surface area contributed by atoms with Crippen LogP contribution in [0, 0.1) is 5.92 Å². The van der Waals surface area contributed by atoms with Gasteiger partial charge in [0.2, 0.25) is 11.7 Å². The van der Waals surface area contributed by atoms with Crippen LogP contribution < -0.4 is 9.64 Å². The number of fused-ring (bicyclic) bond motifs is 2. The number of piperidine rings is 1. The second-order valence-corrected chi connectivity index (χ2v) is 9.36. The van der Waals surface area contributed by atoms with Gasteiger partial charge >= 0.3 is 0 Å². The Bertz CT molecular complexity index is 1330. The maximum absolute atomic E-state index is 13.0. The number of carbonyl (C=O) groups excluding carboxylic acids is 2. The zero-order chi connectivity index (χ0) is 23.9. The molecule has 8 nitrogen and oxygen atoms in total. The van der Waals surface area contributed by atoms with Crippen LogP contribution in [0.3, 0.4) is 0 Å². The molecule has 0 saturated carbocycles. The van der Waals surface area contributed by atoms with Crippen LogP contribution in [-0.2, 0) is 16.6 Å². The summed E-state index contributed by atoms with van der Waals surface area (Å²) in [5.74, 6) is 1.12. The minimum absolute atomic E-state index is 0.0575. The van der Waals surface area contributed by atoms with Crippen molar-refractivity contribution < 1.29 is 19.1 Å². The average Bonchev–Trinajstić information content (AvgIpc) is 3.40. The Balaban J connectivity index is 1.27. The summed E-state index contributed by atoms with van der Waals surface area (Å²) in [6.45, 7) is 4.23. The first-order chi connectivity index (χ1) is 17.1. The second-order valence-electron chi connectivity index (χ2n) is 9.36. The molecule has 2 fully saturated rings. The van der Waals surface area contributed by atoms with E-state index in [4.69, 9.17) is 9.47 Å². The summed E-state index contributed by atoms with van der Waals surface area (Å²) < 4.78 is 13.3. The number of pyridine rings is 1. The Kier molecular flexibility index (Phi) is 5.53. The average molecular weight is 473 g/mol. The van der Waals surface area contributed by atoms with E-state index in [1.54, 1.807) is 6.07 Å². The molecule has 5 heterocycles. The number of carbonyl (C=O) groups is 2. The number of nitrogens with zero attached hydrogens (tertiary/aromatic N) is 4. The van der Waals surface area contributed by atoms with E-state index in [1.165, 1.54) is 0 Å². The van der Waals surface area contributed by atoms with E-state index in [9.17, 15) is 9.59 Å². The van der Waals surface area contributed by atoms with Crippen LogP contribution in [0.1, 0.15) is 28.8 Å². The molecular formula is C27H28N4O4. The smallest absolute Gasteiger partial charge is 0.231 e. The number of anilines is 1. The van der Waals surface area contributed by atoms with Gasteiger partial charge in [0.05, 0.1) is 18.8 Å². The molecule has 0 N–H and O–H groups in total. The fraction of sp³-hybridized carbons (Fsp3) is 0.370. The van der Waals surface area contributed by atoms with E-state index < -0.39 is 0 Å². The fourth-order valence-corrected chi connectivity index (χ4v) is 5.38. The van der Waals surface area contributed by atoms with E-state index in [0.29, 0.717) is 43.4 Å². The largest absolute Gasteiger partial charge is 0.452 e. The maximum atomic E-state index is 13.0. The Morgan fingerprint density at radius 1 is 1.09 bits per heavy atom. The summed E-state index contributed by atoms with van der Waals surface area (Å²) in [5, 5.41) is 0.993. The fourth-order valence-electron chi connectivity index (χ4n) is 5.38. The third-order valence-electron chi connectivity index (χ3n) is 7.23. The Morgan fingerprint density at radius 3 is 2.63 bits per heavy atom. The van der Waals surface area contributed by atoms with Crippen molar-refractivity contribution in [3.8, 4) is 5.75 Å². The molecule has 1 aromatic carbocycles. The van der Waals surface area contributed by atoms with Crippen LogP contribution in [0.5, 0.6) is 5.75 Å². The lowest BCUT2D eigenvalue weighted by Crippen LogP contribution is -2.46. The topological polar surface area (TPSA) is 76.9 Å². The predicted octanol–water partition coefficient (Wildman–Crippen LogP) is 3.26. The van der Waals surface area contributed by atoms with Crippen molar-refractivity contribution in [3.05, 3.63) is 59.6 Å². The molecule has 180 valence electrons. The highest BCUT2D eigenvalue weighted by Crippen LogP contribution is 2.36. The van der Waals surface area contributed by atoms with Gasteiger partial charge in [-0.15, -0.1) is 0 Å². The van der Waals surface area contributed by atoms with Gasteiger partial charge in [0, 0.05) is 68.2 Å². The number of Topliss-reactive ketones (excluding diaryl/α,β-unsaturated/α-hetero) is 1. The van der Waals surface area contributed by atoms with Crippen molar-refractivity contribution >= 4 is 34.5 Å². The maximum Gasteiger partial charge on any atom is 0.231 e. The van der Waals surface area contributed by atoms with Gasteiger partial charge in [0.15, 0.2) is 5.76 Å². The molecule has 0 aliphatic carbocycles. The van der Waals surface area contributed by atoms with E-state index in [-0.39, 0.29) is 17.6 Å². The molecule has 8 heteroatoms. The van der Waals surface area contributed by atoms with Crippen LogP contribution in [0.15, 0.2) is 48.5 Å². The molecule has 35 heavy (non-hydrogen) atoms. The Hall–Kier alpha value is -3.65. The number of para-hydroxylation sites is 1. The van der Waals surface area contributed by atoms with E-state index in [0.717, 1.165) is 48.2 Å². The summed E-state index contributed by atoms with van der Waals surface area (Å²) in [7, 11) is 1.96. The standard InChI is InChI=1S/C27H28N4O4/c1-29-17-19(16-23-25(32)20-4-2-3-5-22(20)35-23)24-21(6-9-28-26(24)29)30-10-7-18(8-11-30)27(33)31-12-14-34-15-13-31/h2-6,9,16-18H,7-8,10-15H2,1H3/b23-16-. The van der Waals surface area contributed by atoms with Crippen molar-refractivity contribution in [1.29, 1.82) is 0 Å². The summed E-state index contributed by atoms with van der Waals surface area (Å²) in [4.78, 5) is 34.7. The molecule has 2 saturated heterocycles. The number of hydrogen-bond acceptors (Lipinski definition) is 6. The van der Waals surface area contributed by atoms with Crippen LogP contribution in [0.25, 0.3) is 17.1 Å². The van der Waals surface area contributed by atoms with Gasteiger partial charge in [0.1, 0.15) is 11.4 Å². The molecule has 0 radical (unpaired) electrons. The third kappa shape index (κ3) is 3.87. The van der Waals surface area contributed by atoms with Crippen LogP contribution in [-0.4, -0.2) is 65.5 Å². The molecule has 3 aliphatic rings. The summed E-state index contributed by atoms with van der Waals surface area (Å²) in [5.41, 5.74) is 3.41. The highest BCUT2D eigenvalue weighted by atomic mass is 16.5. The van der Waals surface area contributed by atoms with Gasteiger partial charge in [-0.2, -0.15) is 0 Å². The highest BCUT2D eigenvalue weighted by Gasteiger charge is 2.31.